The molecule has 0 saturated heterocycles. The van der Waals surface area contributed by atoms with Gasteiger partial charge in [-0.25, -0.2) is 0 Å². The summed E-state index contributed by atoms with van der Waals surface area (Å²) in [5.41, 5.74) is 1.87. The second-order valence-electron chi connectivity index (χ2n) is 2.70. The molecule has 0 aliphatic carbocycles. The van der Waals surface area contributed by atoms with E-state index in [2.05, 4.69) is 11.9 Å². The average Bonchev–Trinajstić information content (AvgIpc) is 2.05. The summed E-state index contributed by atoms with van der Waals surface area (Å²) < 4.78 is 0. The third kappa shape index (κ3) is 2.64. The molecule has 0 spiro atoms. The number of rotatable bonds is 3. The van der Waals surface area contributed by atoms with Crippen LogP contribution in [-0.2, 0) is 12.7 Å². The van der Waals surface area contributed by atoms with Crippen LogP contribution >= 0.6 is 0 Å². The zero-order valence-corrected chi connectivity index (χ0v) is 7.07. The molecule has 1 aromatic rings. The van der Waals surface area contributed by atoms with Gasteiger partial charge in [0.2, 0.25) is 0 Å². The smallest absolute Gasteiger partial charge is 0.427 e. The second kappa shape index (κ2) is 4.23. The lowest BCUT2D eigenvalue weighted by atomic mass is 9.84. The Kier molecular flexibility index (Phi) is 3.25. The molecule has 0 aliphatic heterocycles. The van der Waals surface area contributed by atoms with Gasteiger partial charge in [0.05, 0.1) is 0 Å². The maximum atomic E-state index is 8.65. The molecule has 0 radical (unpaired) electrons. The zero-order valence-electron chi connectivity index (χ0n) is 7.07. The molecule has 1 rings (SSSR count). The van der Waals surface area contributed by atoms with E-state index in [1.54, 1.807) is 6.20 Å². The average molecular weight is 165 g/mol. The minimum Gasteiger partial charge on any atom is -0.427 e. The van der Waals surface area contributed by atoms with E-state index in [0.29, 0.717) is 5.69 Å². The van der Waals surface area contributed by atoms with E-state index < -0.39 is 7.12 Å². The predicted octanol–water partition coefficient (Wildman–Crippen LogP) is 0.198. The third-order valence-electron chi connectivity index (χ3n) is 1.69. The molecule has 0 atom stereocenters. The van der Waals surface area contributed by atoms with Gasteiger partial charge in [0.25, 0.3) is 0 Å². The maximum Gasteiger partial charge on any atom is 0.457 e. The first-order valence-corrected chi connectivity index (χ1v) is 4.02. The Bertz CT molecular complexity index is 235. The number of pyridine rings is 1. The van der Waals surface area contributed by atoms with Crippen molar-refractivity contribution in [2.45, 2.75) is 19.7 Å². The van der Waals surface area contributed by atoms with Gasteiger partial charge in [-0.05, 0) is 18.1 Å². The standard InChI is InChI=1S/C8H12BNO2/c1-2-7-3-4-8(10-6-7)5-9(11)12/h3-4,6,11-12H,2,5H2,1H3. The normalized spacial score (nSPS) is 9.92. The number of hydrogen-bond acceptors (Lipinski definition) is 3. The molecule has 0 aromatic carbocycles. The molecule has 12 heavy (non-hydrogen) atoms. The van der Waals surface area contributed by atoms with Crippen LogP contribution in [0.2, 0.25) is 0 Å². The second-order valence-corrected chi connectivity index (χ2v) is 2.70. The first kappa shape index (κ1) is 9.22. The minimum atomic E-state index is -1.30. The Hall–Kier alpha value is -0.865. The predicted molar refractivity (Wildman–Crippen MR) is 47.5 cm³/mol. The summed E-state index contributed by atoms with van der Waals surface area (Å²) in [5, 5.41) is 17.3. The molecule has 4 heteroatoms. The van der Waals surface area contributed by atoms with E-state index in [0.717, 1.165) is 12.0 Å². The van der Waals surface area contributed by atoms with E-state index in [1.165, 1.54) is 0 Å². The van der Waals surface area contributed by atoms with Crippen LogP contribution in [0, 0.1) is 0 Å². The van der Waals surface area contributed by atoms with E-state index in [-0.39, 0.29) is 6.32 Å². The van der Waals surface area contributed by atoms with Gasteiger partial charge in [0.15, 0.2) is 0 Å². The number of nitrogens with zero attached hydrogens (tertiary/aromatic N) is 1. The summed E-state index contributed by atoms with van der Waals surface area (Å²) in [5.74, 6) is 0. The van der Waals surface area contributed by atoms with Gasteiger partial charge in [-0.3, -0.25) is 4.98 Å². The van der Waals surface area contributed by atoms with E-state index in [4.69, 9.17) is 10.0 Å². The van der Waals surface area contributed by atoms with Crippen LogP contribution < -0.4 is 0 Å². The number of hydrogen-bond donors (Lipinski definition) is 2. The SMILES string of the molecule is CCc1ccc(CB(O)O)nc1. The summed E-state index contributed by atoms with van der Waals surface area (Å²) in [6, 6.07) is 3.77. The molecule has 3 nitrogen and oxygen atoms in total. The maximum absolute atomic E-state index is 8.65. The number of aromatic nitrogens is 1. The highest BCUT2D eigenvalue weighted by Gasteiger charge is 2.08. The van der Waals surface area contributed by atoms with Crippen LogP contribution in [0.4, 0.5) is 0 Å². The van der Waals surface area contributed by atoms with Crippen molar-refractivity contribution in [1.29, 1.82) is 0 Å². The Balaban J connectivity index is 2.65. The summed E-state index contributed by atoms with van der Waals surface area (Å²) in [6.07, 6.45) is 2.91. The fourth-order valence-corrected chi connectivity index (χ4v) is 0.972. The molecule has 1 aromatic heterocycles. The molecule has 64 valence electrons. The Labute approximate surface area is 72.2 Å². The third-order valence-corrected chi connectivity index (χ3v) is 1.69. The molecule has 2 N–H and O–H groups in total. The lowest BCUT2D eigenvalue weighted by Crippen LogP contribution is -2.16. The lowest BCUT2D eigenvalue weighted by Gasteiger charge is -1.99. The molecule has 1 heterocycles. The first-order chi connectivity index (χ1) is 5.72. The Morgan fingerprint density at radius 3 is 2.58 bits per heavy atom. The van der Waals surface area contributed by atoms with Crippen molar-refractivity contribution >= 4 is 7.12 Å². The van der Waals surface area contributed by atoms with Gasteiger partial charge in [-0.2, -0.15) is 0 Å². The summed E-state index contributed by atoms with van der Waals surface area (Å²) in [6.45, 7) is 2.05. The van der Waals surface area contributed by atoms with Crippen LogP contribution in [0.3, 0.4) is 0 Å². The fourth-order valence-electron chi connectivity index (χ4n) is 0.972. The molecule has 0 unspecified atom stereocenters. The lowest BCUT2D eigenvalue weighted by molar-refractivity contribution is 0.404. The first-order valence-electron chi connectivity index (χ1n) is 4.02. The van der Waals surface area contributed by atoms with Crippen molar-refractivity contribution in [3.05, 3.63) is 29.6 Å². The summed E-state index contributed by atoms with van der Waals surface area (Å²) >= 11 is 0. The van der Waals surface area contributed by atoms with Gasteiger partial charge in [-0.15, -0.1) is 0 Å². The van der Waals surface area contributed by atoms with Gasteiger partial charge in [0, 0.05) is 18.2 Å². The minimum absolute atomic E-state index is 0.198. The molecule has 0 aliphatic rings. The largest absolute Gasteiger partial charge is 0.457 e. The highest BCUT2D eigenvalue weighted by Crippen LogP contribution is 2.01. The van der Waals surface area contributed by atoms with Crippen LogP contribution in [0.15, 0.2) is 18.3 Å². The Morgan fingerprint density at radius 2 is 2.17 bits per heavy atom. The van der Waals surface area contributed by atoms with Gasteiger partial charge < -0.3 is 10.0 Å². The zero-order chi connectivity index (χ0) is 8.97. The summed E-state index contributed by atoms with van der Waals surface area (Å²) in [4.78, 5) is 4.07. The van der Waals surface area contributed by atoms with E-state index >= 15 is 0 Å². The number of aryl methyl sites for hydroxylation is 1. The van der Waals surface area contributed by atoms with Crippen LogP contribution in [0.1, 0.15) is 18.2 Å². The van der Waals surface area contributed by atoms with E-state index in [1.807, 2.05) is 12.1 Å². The molecule has 0 saturated carbocycles. The molecular weight excluding hydrogens is 153 g/mol. The van der Waals surface area contributed by atoms with Crippen LogP contribution in [-0.4, -0.2) is 22.2 Å². The van der Waals surface area contributed by atoms with Crippen LogP contribution in [0.5, 0.6) is 0 Å². The Morgan fingerprint density at radius 1 is 1.42 bits per heavy atom. The van der Waals surface area contributed by atoms with Crippen molar-refractivity contribution < 1.29 is 10.0 Å². The highest BCUT2D eigenvalue weighted by atomic mass is 16.4. The van der Waals surface area contributed by atoms with Crippen molar-refractivity contribution in [3.63, 3.8) is 0 Å². The van der Waals surface area contributed by atoms with Gasteiger partial charge >= 0.3 is 7.12 Å². The highest BCUT2D eigenvalue weighted by molar-refractivity contribution is 6.40. The molecular formula is C8H12BNO2. The van der Waals surface area contributed by atoms with Crippen LogP contribution in [0.25, 0.3) is 0 Å². The summed E-state index contributed by atoms with van der Waals surface area (Å²) in [7, 11) is -1.30. The van der Waals surface area contributed by atoms with Gasteiger partial charge in [0.1, 0.15) is 0 Å². The van der Waals surface area contributed by atoms with Gasteiger partial charge in [-0.1, -0.05) is 13.0 Å². The molecule has 0 fully saturated rings. The molecule has 0 amide bonds. The topological polar surface area (TPSA) is 53.4 Å². The monoisotopic (exact) mass is 165 g/mol. The quantitative estimate of drug-likeness (QED) is 0.629. The fraction of sp³-hybridized carbons (Fsp3) is 0.375. The van der Waals surface area contributed by atoms with Crippen molar-refractivity contribution in [2.75, 3.05) is 0 Å². The van der Waals surface area contributed by atoms with E-state index in [9.17, 15) is 0 Å². The van der Waals surface area contributed by atoms with Crippen molar-refractivity contribution in [2.24, 2.45) is 0 Å². The van der Waals surface area contributed by atoms with Crippen molar-refractivity contribution in [3.8, 4) is 0 Å². The molecule has 0 bridgehead atoms. The van der Waals surface area contributed by atoms with Crippen molar-refractivity contribution in [1.82, 2.24) is 4.98 Å².